The Bertz CT molecular complexity index is 1610. The molecule has 0 aliphatic rings. The summed E-state index contributed by atoms with van der Waals surface area (Å²) in [5.74, 6) is -1.03. The third-order valence-corrected chi connectivity index (χ3v) is 9.23. The highest BCUT2D eigenvalue weighted by molar-refractivity contribution is 7.91. The maximum atomic E-state index is 13.1. The molecular weight excluding hydrogens is 607 g/mol. The van der Waals surface area contributed by atoms with E-state index in [0.717, 1.165) is 60.2 Å². The highest BCUT2D eigenvalue weighted by Crippen LogP contribution is 2.40. The molecular formula is C26H26F3NO8S3. The van der Waals surface area contributed by atoms with Crippen molar-refractivity contribution in [1.29, 1.82) is 0 Å². The van der Waals surface area contributed by atoms with E-state index in [1.165, 1.54) is 13.2 Å². The van der Waals surface area contributed by atoms with E-state index in [9.17, 15) is 39.6 Å². The Hall–Kier alpha value is -3.43. The lowest BCUT2D eigenvalue weighted by atomic mass is 10.0. The number of sulfone groups is 2. The zero-order valence-corrected chi connectivity index (χ0v) is 24.7. The number of alkyl halides is 3. The Morgan fingerprint density at radius 3 is 2.00 bits per heavy atom. The second kappa shape index (κ2) is 12.2. The normalized spacial score (nSPS) is 13.0. The van der Waals surface area contributed by atoms with Crippen molar-refractivity contribution in [3.63, 3.8) is 0 Å². The van der Waals surface area contributed by atoms with E-state index in [1.807, 2.05) is 0 Å². The summed E-state index contributed by atoms with van der Waals surface area (Å²) in [5.41, 5.74) is -1.30. The molecule has 15 heteroatoms. The van der Waals surface area contributed by atoms with Gasteiger partial charge in [-0.05, 0) is 48.9 Å². The first-order valence-electron chi connectivity index (χ1n) is 11.8. The molecule has 0 aliphatic heterocycles. The van der Waals surface area contributed by atoms with E-state index in [1.54, 1.807) is 13.0 Å². The van der Waals surface area contributed by atoms with Gasteiger partial charge in [0.25, 0.3) is 5.91 Å². The van der Waals surface area contributed by atoms with Gasteiger partial charge in [0.15, 0.2) is 19.7 Å². The lowest BCUT2D eigenvalue weighted by molar-refractivity contribution is -0.140. The van der Waals surface area contributed by atoms with Crippen molar-refractivity contribution >= 4 is 42.9 Å². The van der Waals surface area contributed by atoms with Crippen molar-refractivity contribution in [2.24, 2.45) is 0 Å². The average molecular weight is 634 g/mol. The van der Waals surface area contributed by atoms with Crippen LogP contribution >= 0.6 is 11.3 Å². The Balaban J connectivity index is 1.98. The number of hydrogen-bond donors (Lipinski definition) is 1. The molecule has 1 heterocycles. The van der Waals surface area contributed by atoms with Gasteiger partial charge in [-0.3, -0.25) is 9.59 Å². The van der Waals surface area contributed by atoms with Crippen LogP contribution in [0.3, 0.4) is 0 Å². The van der Waals surface area contributed by atoms with Crippen molar-refractivity contribution in [2.45, 2.75) is 35.4 Å². The molecule has 0 saturated carbocycles. The Morgan fingerprint density at radius 2 is 1.51 bits per heavy atom. The van der Waals surface area contributed by atoms with E-state index < -0.39 is 59.2 Å². The van der Waals surface area contributed by atoms with Gasteiger partial charge in [0.1, 0.15) is 11.9 Å². The summed E-state index contributed by atoms with van der Waals surface area (Å²) in [4.78, 5) is 23.6. The SMILES string of the molecule is COC(=O)CCNC(=O)c1ccc(C(C)Oc2cc(S(C)(=O)=O)c(-c3ccc(C(F)(F)F)cc3)c(S(C)(=O)=O)c2)s1. The molecule has 3 aromatic rings. The molecule has 3 rings (SSSR count). The number of thiophene rings is 1. The van der Waals surface area contributed by atoms with Crippen LogP contribution in [0.15, 0.2) is 58.3 Å². The fraction of sp³-hybridized carbons (Fsp3) is 0.308. The predicted molar refractivity (Wildman–Crippen MR) is 145 cm³/mol. The smallest absolute Gasteiger partial charge is 0.416 e. The summed E-state index contributed by atoms with van der Waals surface area (Å²) in [6, 6.07) is 8.85. The minimum absolute atomic E-state index is 0.00616. The lowest BCUT2D eigenvalue weighted by Crippen LogP contribution is -2.25. The number of amides is 1. The maximum Gasteiger partial charge on any atom is 0.416 e. The van der Waals surface area contributed by atoms with Crippen LogP contribution in [0.4, 0.5) is 13.2 Å². The first-order chi connectivity index (χ1) is 18.9. The monoisotopic (exact) mass is 633 g/mol. The van der Waals surface area contributed by atoms with Gasteiger partial charge < -0.3 is 14.8 Å². The van der Waals surface area contributed by atoms with Crippen LogP contribution in [0.5, 0.6) is 5.75 Å². The second-order valence-corrected chi connectivity index (χ2v) is 14.0. The molecule has 0 radical (unpaired) electrons. The largest absolute Gasteiger partial charge is 0.485 e. The highest BCUT2D eigenvalue weighted by Gasteiger charge is 2.31. The van der Waals surface area contributed by atoms with Crippen molar-refractivity contribution in [3.8, 4) is 16.9 Å². The molecule has 41 heavy (non-hydrogen) atoms. The molecule has 1 atom stereocenters. The van der Waals surface area contributed by atoms with Crippen LogP contribution in [-0.2, 0) is 35.4 Å². The van der Waals surface area contributed by atoms with Crippen LogP contribution < -0.4 is 10.1 Å². The van der Waals surface area contributed by atoms with Gasteiger partial charge in [0.2, 0.25) is 0 Å². The van der Waals surface area contributed by atoms with Crippen LogP contribution in [0.25, 0.3) is 11.1 Å². The molecule has 0 aliphatic carbocycles. The summed E-state index contributed by atoms with van der Waals surface area (Å²) in [7, 11) is -6.97. The van der Waals surface area contributed by atoms with Crippen molar-refractivity contribution in [2.75, 3.05) is 26.2 Å². The number of carbonyl (C=O) groups is 2. The number of carbonyl (C=O) groups excluding carboxylic acids is 2. The van der Waals surface area contributed by atoms with Crippen LogP contribution in [0.1, 0.15) is 39.6 Å². The summed E-state index contributed by atoms with van der Waals surface area (Å²) < 4.78 is 101. The number of esters is 1. The van der Waals surface area contributed by atoms with E-state index in [4.69, 9.17) is 4.74 Å². The molecule has 0 fully saturated rings. The number of methoxy groups -OCH3 is 1. The number of hydrogen-bond acceptors (Lipinski definition) is 9. The Labute approximate surface area is 239 Å². The molecule has 1 unspecified atom stereocenters. The van der Waals surface area contributed by atoms with Gasteiger partial charge in [-0.25, -0.2) is 16.8 Å². The molecule has 1 aromatic heterocycles. The van der Waals surface area contributed by atoms with Crippen molar-refractivity contribution in [1.82, 2.24) is 5.32 Å². The Morgan fingerprint density at radius 1 is 0.951 bits per heavy atom. The summed E-state index contributed by atoms with van der Waals surface area (Å²) in [6.07, 6.45) is -3.71. The summed E-state index contributed by atoms with van der Waals surface area (Å²) in [5, 5.41) is 2.58. The third-order valence-electron chi connectivity index (χ3n) is 5.75. The zero-order valence-electron chi connectivity index (χ0n) is 22.2. The van der Waals surface area contributed by atoms with E-state index in [-0.39, 0.29) is 29.8 Å². The number of rotatable bonds is 10. The van der Waals surface area contributed by atoms with Crippen molar-refractivity contribution in [3.05, 3.63) is 63.8 Å². The molecule has 9 nitrogen and oxygen atoms in total. The molecule has 222 valence electrons. The zero-order chi connectivity index (χ0) is 30.8. The van der Waals surface area contributed by atoms with Gasteiger partial charge in [0.05, 0.1) is 33.8 Å². The fourth-order valence-corrected chi connectivity index (χ4v) is 6.58. The number of benzene rings is 2. The van der Waals surface area contributed by atoms with Gasteiger partial charge in [-0.1, -0.05) is 12.1 Å². The topological polar surface area (TPSA) is 133 Å². The van der Waals surface area contributed by atoms with E-state index >= 15 is 0 Å². The first kappa shape index (κ1) is 32.1. The molecule has 0 bridgehead atoms. The Kier molecular flexibility index (Phi) is 9.55. The quantitative estimate of drug-likeness (QED) is 0.319. The van der Waals surface area contributed by atoms with Crippen LogP contribution in [-0.4, -0.2) is 54.9 Å². The van der Waals surface area contributed by atoms with Gasteiger partial charge in [0, 0.05) is 29.5 Å². The average Bonchev–Trinajstić information content (AvgIpc) is 3.37. The van der Waals surface area contributed by atoms with Crippen LogP contribution in [0, 0.1) is 0 Å². The highest BCUT2D eigenvalue weighted by atomic mass is 32.2. The van der Waals surface area contributed by atoms with E-state index in [2.05, 4.69) is 10.1 Å². The second-order valence-electron chi connectivity index (χ2n) is 8.96. The number of ether oxygens (including phenoxy) is 2. The standard InChI is InChI=1S/C26H26F3NO8S3/c1-15(19-9-10-20(39-19)25(32)30-12-11-23(31)37-2)38-18-13-21(40(3,33)34)24(22(14-18)41(4,35)36)16-5-7-17(8-6-16)26(27,28)29/h5-10,13-15H,11-12H2,1-4H3,(H,30,32). The lowest BCUT2D eigenvalue weighted by Gasteiger charge is -2.19. The molecule has 0 spiro atoms. The predicted octanol–water partition coefficient (Wildman–Crippen LogP) is 4.67. The maximum absolute atomic E-state index is 13.1. The van der Waals surface area contributed by atoms with Gasteiger partial charge >= 0.3 is 12.1 Å². The molecule has 2 aromatic carbocycles. The fourth-order valence-electron chi connectivity index (χ4n) is 3.75. The molecule has 1 amide bonds. The number of halogens is 3. The minimum Gasteiger partial charge on any atom is -0.485 e. The van der Waals surface area contributed by atoms with Gasteiger partial charge in [-0.15, -0.1) is 11.3 Å². The molecule has 0 saturated heterocycles. The summed E-state index contributed by atoms with van der Waals surface area (Å²) >= 11 is 1.07. The molecule has 1 N–H and O–H groups in total. The van der Waals surface area contributed by atoms with E-state index in [0.29, 0.717) is 9.75 Å². The third kappa shape index (κ3) is 8.07. The first-order valence-corrected chi connectivity index (χ1v) is 16.4. The summed E-state index contributed by atoms with van der Waals surface area (Å²) in [6.45, 7) is 1.67. The number of nitrogens with one attached hydrogen (secondary N) is 1. The van der Waals surface area contributed by atoms with Crippen molar-refractivity contribution < 1.29 is 49.1 Å². The minimum atomic E-state index is -4.64. The van der Waals surface area contributed by atoms with Gasteiger partial charge in [-0.2, -0.15) is 13.2 Å². The van der Waals surface area contributed by atoms with Crippen LogP contribution in [0.2, 0.25) is 0 Å².